The van der Waals surface area contributed by atoms with E-state index in [1.54, 1.807) is 18.2 Å². The van der Waals surface area contributed by atoms with E-state index in [-0.39, 0.29) is 6.04 Å². The highest BCUT2D eigenvalue weighted by Gasteiger charge is 2.32. The molecule has 0 N–H and O–H groups in total. The second-order valence-electron chi connectivity index (χ2n) is 5.72. The number of nitrogens with zero attached hydrogens (tertiary/aromatic N) is 1. The molecule has 0 amide bonds. The molecule has 0 spiro atoms. The summed E-state index contributed by atoms with van der Waals surface area (Å²) in [5.41, 5.74) is 1.07. The van der Waals surface area contributed by atoms with Crippen LogP contribution in [0.1, 0.15) is 25.5 Å². The Morgan fingerprint density at radius 2 is 2.00 bits per heavy atom. The van der Waals surface area contributed by atoms with Gasteiger partial charge in [-0.1, -0.05) is 17.7 Å². The van der Waals surface area contributed by atoms with Gasteiger partial charge in [0.15, 0.2) is 0 Å². The third kappa shape index (κ3) is 3.04. The van der Waals surface area contributed by atoms with Gasteiger partial charge in [0, 0.05) is 17.7 Å². The molecule has 1 aliphatic rings. The van der Waals surface area contributed by atoms with E-state index in [2.05, 4.69) is 20.8 Å². The Morgan fingerprint density at radius 3 is 2.65 bits per heavy atom. The Bertz CT molecular complexity index is 733. The fourth-order valence-electron chi connectivity index (χ4n) is 2.76. The molecule has 0 saturated heterocycles. The van der Waals surface area contributed by atoms with Gasteiger partial charge in [-0.05, 0) is 48.0 Å². The topological polar surface area (TPSA) is 12.5 Å². The van der Waals surface area contributed by atoms with E-state index in [0.717, 1.165) is 5.69 Å². The summed E-state index contributed by atoms with van der Waals surface area (Å²) in [6.45, 7) is 4.47. The molecule has 1 heterocycles. The van der Waals surface area contributed by atoms with Gasteiger partial charge in [0.25, 0.3) is 0 Å². The highest BCUT2D eigenvalue weighted by molar-refractivity contribution is 9.10. The fourth-order valence-corrected chi connectivity index (χ4v) is 3.38. The Balaban J connectivity index is 2.09. The maximum Gasteiger partial charge on any atom is 0.146 e. The first-order chi connectivity index (χ1) is 10.9. The van der Waals surface area contributed by atoms with Crippen molar-refractivity contribution in [2.45, 2.75) is 26.0 Å². The van der Waals surface area contributed by atoms with E-state index in [0.29, 0.717) is 27.4 Å². The zero-order valence-corrected chi connectivity index (χ0v) is 15.0. The van der Waals surface area contributed by atoms with Crippen molar-refractivity contribution in [1.29, 1.82) is 0 Å². The molecule has 122 valence electrons. The molecule has 2 aromatic carbocycles. The van der Waals surface area contributed by atoms with Crippen LogP contribution in [0.4, 0.5) is 14.5 Å². The van der Waals surface area contributed by atoms with Crippen molar-refractivity contribution in [3.8, 4) is 5.75 Å². The molecular formula is C17H15BrClF2NO. The SMILES string of the molecule is CC(C)N1CC(c2c(F)cccc2Cl)Oc2cc(F)c(Br)cc21. The Kier molecular flexibility index (Phi) is 4.52. The van der Waals surface area contributed by atoms with Crippen molar-refractivity contribution in [2.75, 3.05) is 11.4 Å². The van der Waals surface area contributed by atoms with E-state index in [4.69, 9.17) is 16.3 Å². The zero-order valence-electron chi connectivity index (χ0n) is 12.6. The van der Waals surface area contributed by atoms with Gasteiger partial charge in [0.05, 0.1) is 21.7 Å². The summed E-state index contributed by atoms with van der Waals surface area (Å²) in [7, 11) is 0. The molecule has 6 heteroatoms. The number of ether oxygens (including phenoxy) is 1. The second kappa shape index (κ2) is 6.29. The Morgan fingerprint density at radius 1 is 1.26 bits per heavy atom. The van der Waals surface area contributed by atoms with Crippen LogP contribution in [0, 0.1) is 11.6 Å². The predicted octanol–water partition coefficient (Wildman–Crippen LogP) is 5.73. The van der Waals surface area contributed by atoms with Crippen LogP contribution in [0.15, 0.2) is 34.8 Å². The normalized spacial score (nSPS) is 17.2. The maximum absolute atomic E-state index is 14.2. The number of anilines is 1. The predicted molar refractivity (Wildman–Crippen MR) is 91.4 cm³/mol. The summed E-state index contributed by atoms with van der Waals surface area (Å²) in [5, 5.41) is 0.305. The summed E-state index contributed by atoms with van der Waals surface area (Å²) in [6.07, 6.45) is -0.598. The minimum atomic E-state index is -0.598. The Hall–Kier alpha value is -1.33. The van der Waals surface area contributed by atoms with Crippen molar-refractivity contribution in [3.05, 3.63) is 57.0 Å². The van der Waals surface area contributed by atoms with Crippen LogP contribution in [-0.4, -0.2) is 12.6 Å². The molecule has 0 aliphatic carbocycles. The average Bonchev–Trinajstić information content (AvgIpc) is 2.47. The van der Waals surface area contributed by atoms with Gasteiger partial charge in [0.1, 0.15) is 23.5 Å². The van der Waals surface area contributed by atoms with Crippen molar-refractivity contribution in [1.82, 2.24) is 0 Å². The minimum absolute atomic E-state index is 0.142. The van der Waals surface area contributed by atoms with Crippen LogP contribution >= 0.6 is 27.5 Å². The molecule has 1 aliphatic heterocycles. The van der Waals surface area contributed by atoms with Crippen LogP contribution in [0.2, 0.25) is 5.02 Å². The molecule has 0 saturated carbocycles. The summed E-state index contributed by atoms with van der Waals surface area (Å²) in [4.78, 5) is 2.05. The fraction of sp³-hybridized carbons (Fsp3) is 0.294. The van der Waals surface area contributed by atoms with Crippen molar-refractivity contribution in [3.63, 3.8) is 0 Å². The summed E-state index contributed by atoms with van der Waals surface area (Å²) >= 11 is 9.35. The number of hydrogen-bond acceptors (Lipinski definition) is 2. The summed E-state index contributed by atoms with van der Waals surface area (Å²) in [5.74, 6) is -0.463. The van der Waals surface area contributed by atoms with E-state index in [1.807, 2.05) is 13.8 Å². The lowest BCUT2D eigenvalue weighted by Crippen LogP contribution is -2.40. The number of rotatable bonds is 2. The molecule has 0 fully saturated rings. The number of halogens is 4. The molecular weight excluding hydrogens is 388 g/mol. The summed E-state index contributed by atoms with van der Waals surface area (Å²) < 4.78 is 34.3. The van der Waals surface area contributed by atoms with Gasteiger partial charge >= 0.3 is 0 Å². The second-order valence-corrected chi connectivity index (χ2v) is 6.98. The molecule has 2 nitrogen and oxygen atoms in total. The number of hydrogen-bond donors (Lipinski definition) is 0. The van der Waals surface area contributed by atoms with E-state index >= 15 is 0 Å². The van der Waals surface area contributed by atoms with Crippen LogP contribution < -0.4 is 9.64 Å². The molecule has 1 atom stereocenters. The highest BCUT2D eigenvalue weighted by atomic mass is 79.9. The number of fused-ring (bicyclic) bond motifs is 1. The Labute approximate surface area is 147 Å². The lowest BCUT2D eigenvalue weighted by atomic mass is 10.0. The molecule has 0 bridgehead atoms. The first-order valence-corrected chi connectivity index (χ1v) is 8.42. The van der Waals surface area contributed by atoms with Crippen LogP contribution in [-0.2, 0) is 0 Å². The molecule has 0 aromatic heterocycles. The quantitative estimate of drug-likeness (QED) is 0.636. The molecule has 23 heavy (non-hydrogen) atoms. The smallest absolute Gasteiger partial charge is 0.146 e. The van der Waals surface area contributed by atoms with Crippen molar-refractivity contribution >= 4 is 33.2 Å². The first-order valence-electron chi connectivity index (χ1n) is 7.24. The van der Waals surface area contributed by atoms with Crippen molar-refractivity contribution in [2.24, 2.45) is 0 Å². The van der Waals surface area contributed by atoms with E-state index < -0.39 is 17.7 Å². The lowest BCUT2D eigenvalue weighted by molar-refractivity contribution is 0.188. The third-order valence-corrected chi connectivity index (χ3v) is 4.83. The van der Waals surface area contributed by atoms with E-state index in [1.165, 1.54) is 12.1 Å². The molecule has 3 rings (SSSR count). The summed E-state index contributed by atoms with van der Waals surface area (Å²) in [6, 6.07) is 7.67. The molecule has 1 unspecified atom stereocenters. The van der Waals surface area contributed by atoms with Gasteiger partial charge in [0.2, 0.25) is 0 Å². The van der Waals surface area contributed by atoms with Crippen LogP contribution in [0.25, 0.3) is 0 Å². The molecule has 2 aromatic rings. The van der Waals surface area contributed by atoms with E-state index in [9.17, 15) is 8.78 Å². The molecule has 0 radical (unpaired) electrons. The van der Waals surface area contributed by atoms with Crippen LogP contribution in [0.5, 0.6) is 5.75 Å². The first kappa shape index (κ1) is 16.5. The largest absolute Gasteiger partial charge is 0.481 e. The zero-order chi connectivity index (χ0) is 16.7. The lowest BCUT2D eigenvalue weighted by Gasteiger charge is -2.39. The third-order valence-electron chi connectivity index (χ3n) is 3.89. The number of benzene rings is 2. The maximum atomic E-state index is 14.2. The monoisotopic (exact) mass is 401 g/mol. The average molecular weight is 403 g/mol. The van der Waals surface area contributed by atoms with Gasteiger partial charge in [-0.15, -0.1) is 0 Å². The minimum Gasteiger partial charge on any atom is -0.481 e. The standard InChI is InChI=1S/C17H15BrClF2NO/c1-9(2)22-8-16(17-11(19)4-3-5-12(17)20)23-15-7-13(21)10(18)6-14(15)22/h3-7,9,16H,8H2,1-2H3. The van der Waals surface area contributed by atoms with Gasteiger partial charge in [-0.3, -0.25) is 0 Å². The van der Waals surface area contributed by atoms with Crippen LogP contribution in [0.3, 0.4) is 0 Å². The highest BCUT2D eigenvalue weighted by Crippen LogP contribution is 2.43. The van der Waals surface area contributed by atoms with Gasteiger partial charge < -0.3 is 9.64 Å². The van der Waals surface area contributed by atoms with Gasteiger partial charge in [-0.2, -0.15) is 0 Å². The van der Waals surface area contributed by atoms with Crippen molar-refractivity contribution < 1.29 is 13.5 Å². The van der Waals surface area contributed by atoms with Gasteiger partial charge in [-0.25, -0.2) is 8.78 Å².